The summed E-state index contributed by atoms with van der Waals surface area (Å²) < 4.78 is 10.9. The maximum absolute atomic E-state index is 12.1. The first kappa shape index (κ1) is 20.3. The van der Waals surface area contributed by atoms with Crippen molar-refractivity contribution in [3.8, 4) is 11.5 Å². The number of rotatable bonds is 7. The third-order valence-electron chi connectivity index (χ3n) is 4.02. The molecule has 0 bridgehead atoms. The number of hydrogen-bond acceptors (Lipinski definition) is 6. The predicted molar refractivity (Wildman–Crippen MR) is 105 cm³/mol. The van der Waals surface area contributed by atoms with Gasteiger partial charge in [0.1, 0.15) is 6.54 Å². The minimum absolute atomic E-state index is 0.0992. The fourth-order valence-corrected chi connectivity index (χ4v) is 2.60. The van der Waals surface area contributed by atoms with Crippen molar-refractivity contribution >= 4 is 23.5 Å². The second-order valence-corrected chi connectivity index (χ2v) is 6.67. The highest BCUT2D eigenvalue weighted by atomic mass is 35.5. The molecule has 1 amide bonds. The molecule has 0 aliphatic rings. The smallest absolute Gasteiger partial charge is 0.437 e. The second kappa shape index (κ2) is 9.20. The van der Waals surface area contributed by atoms with E-state index in [9.17, 15) is 14.4 Å². The van der Waals surface area contributed by atoms with Crippen LogP contribution < -0.4 is 5.76 Å². The Morgan fingerprint density at radius 3 is 2.52 bits per heavy atom. The summed E-state index contributed by atoms with van der Waals surface area (Å²) in [6, 6.07) is 15.9. The maximum Gasteiger partial charge on any atom is 0.437 e. The number of amides is 1. The molecule has 0 spiro atoms. The Hall–Kier alpha value is -3.39. The van der Waals surface area contributed by atoms with Crippen LogP contribution in [0.1, 0.15) is 5.56 Å². The van der Waals surface area contributed by atoms with Crippen LogP contribution in [-0.4, -0.2) is 40.2 Å². The number of benzene rings is 2. The molecule has 1 heterocycles. The minimum Gasteiger partial charge on any atom is -0.454 e. The number of nitrogens with zero attached hydrogens (tertiary/aromatic N) is 3. The van der Waals surface area contributed by atoms with Crippen molar-refractivity contribution in [3.05, 3.63) is 75.7 Å². The summed E-state index contributed by atoms with van der Waals surface area (Å²) >= 11 is 5.84. The van der Waals surface area contributed by atoms with Crippen molar-refractivity contribution in [3.63, 3.8) is 0 Å². The van der Waals surface area contributed by atoms with E-state index in [2.05, 4.69) is 5.10 Å². The highest BCUT2D eigenvalue weighted by Gasteiger charge is 2.16. The molecule has 0 aliphatic carbocycles. The van der Waals surface area contributed by atoms with Gasteiger partial charge in [0.25, 0.3) is 5.91 Å². The Bertz CT molecular complexity index is 1040. The lowest BCUT2D eigenvalue weighted by atomic mass is 10.2. The quantitative estimate of drug-likeness (QED) is 0.550. The van der Waals surface area contributed by atoms with Gasteiger partial charge >= 0.3 is 11.7 Å². The number of halogens is 1. The van der Waals surface area contributed by atoms with Gasteiger partial charge in [-0.1, -0.05) is 41.9 Å². The van der Waals surface area contributed by atoms with E-state index in [4.69, 9.17) is 20.8 Å². The summed E-state index contributed by atoms with van der Waals surface area (Å²) in [7, 11) is 1.60. The summed E-state index contributed by atoms with van der Waals surface area (Å²) in [4.78, 5) is 37.4. The maximum atomic E-state index is 12.1. The average molecular weight is 416 g/mol. The van der Waals surface area contributed by atoms with Gasteiger partial charge in [0, 0.05) is 24.2 Å². The van der Waals surface area contributed by atoms with E-state index in [-0.39, 0.29) is 11.8 Å². The first-order valence-electron chi connectivity index (χ1n) is 8.70. The van der Waals surface area contributed by atoms with Crippen LogP contribution in [0, 0.1) is 0 Å². The molecule has 29 heavy (non-hydrogen) atoms. The normalized spacial score (nSPS) is 10.6. The SMILES string of the molecule is CN(Cc1ccc(Cl)cc1)C(=O)COC(=O)Cn1nc(-c2ccccc2)oc1=O. The molecule has 1 aromatic heterocycles. The van der Waals surface area contributed by atoms with Gasteiger partial charge in [-0.3, -0.25) is 9.59 Å². The molecule has 0 aliphatic heterocycles. The Morgan fingerprint density at radius 1 is 1.14 bits per heavy atom. The van der Waals surface area contributed by atoms with Gasteiger partial charge in [-0.15, -0.1) is 5.10 Å². The molecule has 0 saturated heterocycles. The largest absolute Gasteiger partial charge is 0.454 e. The lowest BCUT2D eigenvalue weighted by molar-refractivity contribution is -0.152. The van der Waals surface area contributed by atoms with Gasteiger partial charge in [0.15, 0.2) is 6.61 Å². The zero-order chi connectivity index (χ0) is 20.8. The van der Waals surface area contributed by atoms with Crippen molar-refractivity contribution in [2.45, 2.75) is 13.1 Å². The third-order valence-corrected chi connectivity index (χ3v) is 4.27. The summed E-state index contributed by atoms with van der Waals surface area (Å²) in [6.45, 7) is -0.554. The third kappa shape index (κ3) is 5.55. The average Bonchev–Trinajstić information content (AvgIpc) is 3.08. The number of aromatic nitrogens is 2. The van der Waals surface area contributed by atoms with Gasteiger partial charge in [0.2, 0.25) is 5.89 Å². The van der Waals surface area contributed by atoms with Gasteiger partial charge in [-0.2, -0.15) is 4.68 Å². The fraction of sp³-hybridized carbons (Fsp3) is 0.200. The summed E-state index contributed by atoms with van der Waals surface area (Å²) in [5.74, 6) is -1.84. The van der Waals surface area contributed by atoms with Crippen LogP contribution in [0.5, 0.6) is 0 Å². The number of hydrogen-bond donors (Lipinski definition) is 0. The number of carbonyl (C=O) groups is 2. The Balaban J connectivity index is 1.52. The van der Waals surface area contributed by atoms with Gasteiger partial charge in [-0.05, 0) is 29.8 Å². The first-order chi connectivity index (χ1) is 13.9. The molecular weight excluding hydrogens is 398 g/mol. The van der Waals surface area contributed by atoms with Gasteiger partial charge in [-0.25, -0.2) is 4.79 Å². The summed E-state index contributed by atoms with van der Waals surface area (Å²) in [5.41, 5.74) is 1.50. The van der Waals surface area contributed by atoms with E-state index >= 15 is 0 Å². The topological polar surface area (TPSA) is 94.6 Å². The Labute approximate surface area is 171 Å². The van der Waals surface area contributed by atoms with E-state index in [1.807, 2.05) is 6.07 Å². The molecule has 3 rings (SSSR count). The van der Waals surface area contributed by atoms with Crippen LogP contribution in [0.2, 0.25) is 5.02 Å². The molecule has 0 unspecified atom stereocenters. The molecule has 0 N–H and O–H groups in total. The number of likely N-dealkylation sites (N-methyl/N-ethyl adjacent to an activating group) is 1. The molecule has 0 atom stereocenters. The van der Waals surface area contributed by atoms with Crippen molar-refractivity contribution in [2.75, 3.05) is 13.7 Å². The monoisotopic (exact) mass is 415 g/mol. The Kier molecular flexibility index (Phi) is 6.46. The molecular formula is C20H18ClN3O5. The molecule has 150 valence electrons. The van der Waals surface area contributed by atoms with E-state index in [1.165, 1.54) is 4.90 Å². The van der Waals surface area contributed by atoms with E-state index < -0.39 is 24.9 Å². The van der Waals surface area contributed by atoms with Gasteiger partial charge < -0.3 is 14.1 Å². The zero-order valence-electron chi connectivity index (χ0n) is 15.6. The molecule has 2 aromatic carbocycles. The molecule has 0 fully saturated rings. The molecule has 0 saturated carbocycles. The molecule has 3 aromatic rings. The lowest BCUT2D eigenvalue weighted by Gasteiger charge is -2.17. The Morgan fingerprint density at radius 2 is 1.83 bits per heavy atom. The molecule has 8 nitrogen and oxygen atoms in total. The van der Waals surface area contributed by atoms with Crippen LogP contribution in [0.4, 0.5) is 0 Å². The van der Waals surface area contributed by atoms with E-state index in [0.717, 1.165) is 10.2 Å². The van der Waals surface area contributed by atoms with Gasteiger partial charge in [0.05, 0.1) is 0 Å². The second-order valence-electron chi connectivity index (χ2n) is 6.23. The highest BCUT2D eigenvalue weighted by molar-refractivity contribution is 6.30. The number of ether oxygens (including phenoxy) is 1. The molecule has 0 radical (unpaired) electrons. The summed E-state index contributed by atoms with van der Waals surface area (Å²) in [5, 5.41) is 4.58. The van der Waals surface area contributed by atoms with E-state index in [0.29, 0.717) is 17.1 Å². The highest BCUT2D eigenvalue weighted by Crippen LogP contribution is 2.14. The van der Waals surface area contributed by atoms with Crippen molar-refractivity contribution < 1.29 is 18.7 Å². The van der Waals surface area contributed by atoms with E-state index in [1.54, 1.807) is 55.6 Å². The van der Waals surface area contributed by atoms with Crippen LogP contribution in [0.25, 0.3) is 11.5 Å². The van der Waals surface area contributed by atoms with Crippen LogP contribution in [0.15, 0.2) is 63.8 Å². The predicted octanol–water partition coefficient (Wildman–Crippen LogP) is 2.36. The molecule has 9 heteroatoms. The fourth-order valence-electron chi connectivity index (χ4n) is 2.48. The van der Waals surface area contributed by atoms with Crippen molar-refractivity contribution in [1.29, 1.82) is 0 Å². The van der Waals surface area contributed by atoms with Crippen LogP contribution in [0.3, 0.4) is 0 Å². The zero-order valence-corrected chi connectivity index (χ0v) is 16.3. The van der Waals surface area contributed by atoms with Crippen molar-refractivity contribution in [1.82, 2.24) is 14.7 Å². The lowest BCUT2D eigenvalue weighted by Crippen LogP contribution is -2.32. The van der Waals surface area contributed by atoms with Crippen LogP contribution in [-0.2, 0) is 27.4 Å². The van der Waals surface area contributed by atoms with Crippen molar-refractivity contribution in [2.24, 2.45) is 0 Å². The minimum atomic E-state index is -0.785. The number of esters is 1. The standard InChI is InChI=1S/C20H18ClN3O5/c1-23(11-14-7-9-16(21)10-8-14)17(25)13-28-18(26)12-24-20(27)29-19(22-24)15-5-3-2-4-6-15/h2-10H,11-13H2,1H3. The van der Waals surface area contributed by atoms with Crippen LogP contribution >= 0.6 is 11.6 Å². The summed E-state index contributed by atoms with van der Waals surface area (Å²) in [6.07, 6.45) is 0. The first-order valence-corrected chi connectivity index (χ1v) is 9.07. The number of carbonyl (C=O) groups excluding carboxylic acids is 2.